The molecule has 0 aliphatic carbocycles. The van der Waals surface area contributed by atoms with Crippen molar-refractivity contribution in [2.24, 2.45) is 0 Å². The number of ether oxygens (including phenoxy) is 1. The molecule has 3 aromatic carbocycles. The van der Waals surface area contributed by atoms with Crippen LogP contribution in [-0.4, -0.2) is 17.6 Å². The van der Waals surface area contributed by atoms with E-state index < -0.39 is 5.91 Å². The Hall–Kier alpha value is -2.98. The van der Waals surface area contributed by atoms with Gasteiger partial charge in [0.2, 0.25) is 0 Å². The molecule has 3 rings (SSSR count). The van der Waals surface area contributed by atoms with Crippen molar-refractivity contribution < 1.29 is 14.6 Å². The van der Waals surface area contributed by atoms with Gasteiger partial charge in [-0.3, -0.25) is 4.79 Å². The summed E-state index contributed by atoms with van der Waals surface area (Å²) in [4.78, 5) is 12.5. The molecule has 3 aromatic rings. The number of rotatable bonds is 7. The van der Waals surface area contributed by atoms with Crippen molar-refractivity contribution in [2.45, 2.75) is 26.2 Å². The van der Waals surface area contributed by atoms with Gasteiger partial charge < -0.3 is 15.2 Å². The molecule has 1 unspecified atom stereocenters. The van der Waals surface area contributed by atoms with E-state index in [0.29, 0.717) is 23.1 Å². The maximum absolute atomic E-state index is 12.5. The predicted octanol–water partition coefficient (Wildman–Crippen LogP) is 6.18. The van der Waals surface area contributed by atoms with Crippen molar-refractivity contribution in [2.75, 3.05) is 11.9 Å². The number of halogens is 1. The van der Waals surface area contributed by atoms with Crippen molar-refractivity contribution in [3.63, 3.8) is 0 Å². The summed E-state index contributed by atoms with van der Waals surface area (Å²) in [6.07, 6.45) is 0.966. The Morgan fingerprint density at radius 3 is 2.59 bits per heavy atom. The van der Waals surface area contributed by atoms with Gasteiger partial charge in [0.15, 0.2) is 0 Å². The van der Waals surface area contributed by atoms with E-state index in [1.165, 1.54) is 23.8 Å². The first-order valence-corrected chi connectivity index (χ1v) is 9.94. The highest BCUT2D eigenvalue weighted by atomic mass is 35.5. The fourth-order valence-electron chi connectivity index (χ4n) is 3.09. The molecule has 0 aliphatic heterocycles. The quantitative estimate of drug-likeness (QED) is 0.490. The van der Waals surface area contributed by atoms with E-state index in [-0.39, 0.29) is 17.2 Å². The fraction of sp³-hybridized carbons (Fsp3) is 0.208. The van der Waals surface area contributed by atoms with Crippen molar-refractivity contribution in [1.29, 1.82) is 0 Å². The Bertz CT molecular complexity index is 989. The van der Waals surface area contributed by atoms with Gasteiger partial charge in [0.05, 0.1) is 12.2 Å². The van der Waals surface area contributed by atoms with Gasteiger partial charge in [0.1, 0.15) is 11.5 Å². The van der Waals surface area contributed by atoms with Crippen LogP contribution >= 0.6 is 11.6 Å². The van der Waals surface area contributed by atoms with Crippen LogP contribution in [-0.2, 0) is 0 Å². The molecule has 0 saturated heterocycles. The first kappa shape index (κ1) is 20.7. The lowest BCUT2D eigenvalue weighted by atomic mass is 9.97. The van der Waals surface area contributed by atoms with Gasteiger partial charge in [-0.05, 0) is 48.7 Å². The lowest BCUT2D eigenvalue weighted by molar-refractivity contribution is 0.102. The van der Waals surface area contributed by atoms with Gasteiger partial charge in [-0.15, -0.1) is 0 Å². The van der Waals surface area contributed by atoms with Crippen LogP contribution in [0.4, 0.5) is 5.69 Å². The fourth-order valence-corrected chi connectivity index (χ4v) is 3.26. The van der Waals surface area contributed by atoms with E-state index in [2.05, 4.69) is 24.4 Å². The largest absolute Gasteiger partial charge is 0.507 e. The molecule has 4 nitrogen and oxygen atoms in total. The van der Waals surface area contributed by atoms with Gasteiger partial charge in [0.25, 0.3) is 5.91 Å². The molecule has 29 heavy (non-hydrogen) atoms. The molecule has 0 heterocycles. The summed E-state index contributed by atoms with van der Waals surface area (Å²) in [5, 5.41) is 13.1. The van der Waals surface area contributed by atoms with Crippen LogP contribution in [0.5, 0.6) is 11.5 Å². The molecule has 0 aliphatic rings. The minimum Gasteiger partial charge on any atom is -0.507 e. The van der Waals surface area contributed by atoms with Crippen LogP contribution in [0.25, 0.3) is 0 Å². The summed E-state index contributed by atoms with van der Waals surface area (Å²) < 4.78 is 6.09. The van der Waals surface area contributed by atoms with E-state index in [4.69, 9.17) is 16.3 Å². The molecule has 150 valence electrons. The minimum absolute atomic E-state index is 0.121. The molecule has 0 bridgehead atoms. The number of hydrogen-bond donors (Lipinski definition) is 2. The maximum atomic E-state index is 12.5. The number of phenolic OH excluding ortho intramolecular Hbond substituents is 1. The Kier molecular flexibility index (Phi) is 6.78. The number of anilines is 1. The van der Waals surface area contributed by atoms with Crippen molar-refractivity contribution in [1.82, 2.24) is 0 Å². The predicted molar refractivity (Wildman–Crippen MR) is 117 cm³/mol. The second-order valence-electron chi connectivity index (χ2n) is 6.92. The number of hydrogen-bond acceptors (Lipinski definition) is 3. The number of nitrogens with one attached hydrogen (secondary N) is 1. The van der Waals surface area contributed by atoms with Gasteiger partial charge in [-0.2, -0.15) is 0 Å². The third-order valence-corrected chi connectivity index (χ3v) is 5.09. The Morgan fingerprint density at radius 2 is 1.86 bits per heavy atom. The smallest absolute Gasteiger partial charge is 0.259 e. The molecule has 1 atom stereocenters. The molecule has 2 N–H and O–H groups in total. The molecule has 0 radical (unpaired) electrons. The SMILES string of the molecule is CCC(COc1cc(NC(=O)c2cc(Cl)ccc2O)ccc1C)c1ccccc1. The van der Waals surface area contributed by atoms with Crippen LogP contribution in [0.15, 0.2) is 66.7 Å². The average Bonchev–Trinajstić information content (AvgIpc) is 2.73. The summed E-state index contributed by atoms with van der Waals surface area (Å²) >= 11 is 5.93. The van der Waals surface area contributed by atoms with E-state index in [1.807, 2.05) is 31.2 Å². The highest BCUT2D eigenvalue weighted by Gasteiger charge is 2.14. The number of amides is 1. The zero-order chi connectivity index (χ0) is 20.8. The van der Waals surface area contributed by atoms with Crippen molar-refractivity contribution in [3.05, 3.63) is 88.4 Å². The topological polar surface area (TPSA) is 58.6 Å². The summed E-state index contributed by atoms with van der Waals surface area (Å²) in [6.45, 7) is 4.66. The molecule has 1 amide bonds. The van der Waals surface area contributed by atoms with Gasteiger partial charge in [-0.1, -0.05) is 54.9 Å². The summed E-state index contributed by atoms with van der Waals surface area (Å²) in [7, 11) is 0. The highest BCUT2D eigenvalue weighted by molar-refractivity contribution is 6.31. The van der Waals surface area contributed by atoms with E-state index >= 15 is 0 Å². The number of aryl methyl sites for hydroxylation is 1. The minimum atomic E-state index is -0.435. The first-order chi connectivity index (χ1) is 14.0. The van der Waals surface area contributed by atoms with Crippen molar-refractivity contribution >= 4 is 23.2 Å². The number of carbonyl (C=O) groups excluding carboxylic acids is 1. The normalized spacial score (nSPS) is 11.7. The average molecular weight is 410 g/mol. The molecular formula is C24H24ClNO3. The monoisotopic (exact) mass is 409 g/mol. The van der Waals surface area contributed by atoms with Crippen LogP contribution < -0.4 is 10.1 Å². The van der Waals surface area contributed by atoms with Gasteiger partial charge in [0, 0.05) is 22.7 Å². The van der Waals surface area contributed by atoms with Crippen LogP contribution in [0.1, 0.15) is 40.7 Å². The van der Waals surface area contributed by atoms with E-state index in [9.17, 15) is 9.90 Å². The number of phenols is 1. The van der Waals surface area contributed by atoms with Crippen LogP contribution in [0.3, 0.4) is 0 Å². The van der Waals surface area contributed by atoms with E-state index in [0.717, 1.165) is 12.0 Å². The van der Waals surface area contributed by atoms with Gasteiger partial charge in [-0.25, -0.2) is 0 Å². The number of aromatic hydroxyl groups is 1. The molecule has 0 aromatic heterocycles. The van der Waals surface area contributed by atoms with Crippen LogP contribution in [0.2, 0.25) is 5.02 Å². The summed E-state index contributed by atoms with van der Waals surface area (Å²) in [5.74, 6) is 0.449. The molecule has 0 fully saturated rings. The van der Waals surface area contributed by atoms with Crippen molar-refractivity contribution in [3.8, 4) is 11.5 Å². The Labute approximate surface area is 176 Å². The summed E-state index contributed by atoms with van der Waals surface area (Å²) in [5.41, 5.74) is 2.93. The van der Waals surface area contributed by atoms with E-state index in [1.54, 1.807) is 12.1 Å². The Morgan fingerprint density at radius 1 is 1.10 bits per heavy atom. The molecule has 0 spiro atoms. The molecule has 5 heteroatoms. The van der Waals surface area contributed by atoms with Crippen LogP contribution in [0, 0.1) is 6.92 Å². The van der Waals surface area contributed by atoms with Gasteiger partial charge >= 0.3 is 0 Å². The second-order valence-corrected chi connectivity index (χ2v) is 7.36. The zero-order valence-corrected chi connectivity index (χ0v) is 17.2. The number of carbonyl (C=O) groups is 1. The zero-order valence-electron chi connectivity index (χ0n) is 16.5. The summed E-state index contributed by atoms with van der Waals surface area (Å²) in [6, 6.07) is 20.1. The second kappa shape index (κ2) is 9.48. The number of benzene rings is 3. The third kappa shape index (κ3) is 5.30. The lowest BCUT2D eigenvalue weighted by Gasteiger charge is -2.18. The lowest BCUT2D eigenvalue weighted by Crippen LogP contribution is -2.13. The third-order valence-electron chi connectivity index (χ3n) is 4.85. The molecular weight excluding hydrogens is 386 g/mol. The maximum Gasteiger partial charge on any atom is 0.259 e. The molecule has 0 saturated carbocycles. The standard InChI is InChI=1S/C24H24ClNO3/c1-3-17(18-7-5-4-6-8-18)15-29-23-14-20(11-9-16(23)2)26-24(28)21-13-19(25)10-12-22(21)27/h4-14,17,27H,3,15H2,1-2H3,(H,26,28). The first-order valence-electron chi connectivity index (χ1n) is 9.56. The highest BCUT2D eigenvalue weighted by Crippen LogP contribution is 2.27. The Balaban J connectivity index is 1.72.